The predicted octanol–water partition coefficient (Wildman–Crippen LogP) is 1.64. The summed E-state index contributed by atoms with van der Waals surface area (Å²) in [5.74, 6) is -0.455. The second kappa shape index (κ2) is 7.40. The Morgan fingerprint density at radius 2 is 2.00 bits per heavy atom. The Bertz CT molecular complexity index is 650. The van der Waals surface area contributed by atoms with E-state index in [0.29, 0.717) is 37.4 Å². The van der Waals surface area contributed by atoms with Crippen LogP contribution in [-0.2, 0) is 9.63 Å². The van der Waals surface area contributed by atoms with Gasteiger partial charge in [-0.25, -0.2) is 20.1 Å². The number of nitrogens with one attached hydrogen (secondary N) is 1. The van der Waals surface area contributed by atoms with Crippen molar-refractivity contribution in [3.63, 3.8) is 0 Å². The number of amides is 4. The number of piperidine rings is 2. The van der Waals surface area contributed by atoms with E-state index in [0.717, 1.165) is 12.8 Å². The van der Waals surface area contributed by atoms with Crippen molar-refractivity contribution in [1.29, 1.82) is 0 Å². The molecule has 3 N–H and O–H groups in total. The van der Waals surface area contributed by atoms with E-state index in [1.807, 2.05) is 20.8 Å². The number of hydroxylamine groups is 3. The summed E-state index contributed by atoms with van der Waals surface area (Å²) in [5.41, 5.74) is 1.27. The highest BCUT2D eigenvalue weighted by Crippen LogP contribution is 2.43. The molecule has 0 unspecified atom stereocenters. The van der Waals surface area contributed by atoms with Crippen molar-refractivity contribution in [3.05, 3.63) is 0 Å². The third-order valence-electron chi connectivity index (χ3n) is 6.50. The van der Waals surface area contributed by atoms with E-state index < -0.39 is 35.0 Å². The first-order valence-electron chi connectivity index (χ1n) is 9.79. The standard InChI is InChI=1S/C18H30N4O6/c1-17(2,3)18(8-4-5-9-21(18)16(25)26)11-28-19-14(23)13-7-6-12-10-20(13)15(24)22(12)27/h12-13,27H,4-11H2,1-3H3,(H,19,23)(H,25,26)/t12-,13+,18-/m1/s1. The Hall–Kier alpha value is -2.07. The molecule has 10 heteroatoms. The van der Waals surface area contributed by atoms with Crippen LogP contribution in [0.1, 0.15) is 52.9 Å². The van der Waals surface area contributed by atoms with Gasteiger partial charge in [-0.15, -0.1) is 0 Å². The highest BCUT2D eigenvalue weighted by atomic mass is 16.7. The SMILES string of the molecule is CC(C)(C)[C@]1(CONC(=O)[C@@H]2CC[C@@H]3CN2C(=O)N3O)CCCCN1C(=O)O. The number of carbonyl (C=O) groups is 3. The molecule has 0 aromatic heterocycles. The lowest BCUT2D eigenvalue weighted by atomic mass is 9.68. The lowest BCUT2D eigenvalue weighted by Gasteiger charge is -2.53. The maximum atomic E-state index is 12.6. The molecule has 3 heterocycles. The van der Waals surface area contributed by atoms with E-state index in [4.69, 9.17) is 4.84 Å². The van der Waals surface area contributed by atoms with Crippen molar-refractivity contribution in [2.45, 2.75) is 70.5 Å². The van der Waals surface area contributed by atoms with Gasteiger partial charge >= 0.3 is 12.1 Å². The zero-order chi connectivity index (χ0) is 20.7. The smallest absolute Gasteiger partial charge is 0.407 e. The van der Waals surface area contributed by atoms with E-state index in [1.165, 1.54) is 9.80 Å². The maximum Gasteiger partial charge on any atom is 0.407 e. The average molecular weight is 398 g/mol. The van der Waals surface area contributed by atoms with Crippen molar-refractivity contribution in [3.8, 4) is 0 Å². The quantitative estimate of drug-likeness (QED) is 0.489. The summed E-state index contributed by atoms with van der Waals surface area (Å²) in [6.07, 6.45) is 2.32. The third-order valence-corrected chi connectivity index (χ3v) is 6.50. The molecular weight excluding hydrogens is 368 g/mol. The van der Waals surface area contributed by atoms with Crippen LogP contribution in [0, 0.1) is 5.41 Å². The molecule has 0 spiro atoms. The number of nitrogens with zero attached hydrogens (tertiary/aromatic N) is 3. The van der Waals surface area contributed by atoms with Gasteiger partial charge in [0.1, 0.15) is 6.04 Å². The summed E-state index contributed by atoms with van der Waals surface area (Å²) in [6.45, 7) is 6.69. The molecule has 0 aliphatic carbocycles. The molecule has 28 heavy (non-hydrogen) atoms. The molecule has 0 radical (unpaired) electrons. The first-order valence-corrected chi connectivity index (χ1v) is 9.79. The summed E-state index contributed by atoms with van der Waals surface area (Å²) in [5, 5.41) is 20.1. The van der Waals surface area contributed by atoms with Gasteiger partial charge in [0, 0.05) is 13.1 Å². The molecule has 10 nitrogen and oxygen atoms in total. The molecule has 0 saturated carbocycles. The van der Waals surface area contributed by atoms with Crippen molar-refractivity contribution in [2.75, 3.05) is 19.7 Å². The summed E-state index contributed by atoms with van der Waals surface area (Å²) < 4.78 is 0. The van der Waals surface area contributed by atoms with Crippen LogP contribution in [0.25, 0.3) is 0 Å². The van der Waals surface area contributed by atoms with Crippen molar-refractivity contribution >= 4 is 18.0 Å². The van der Waals surface area contributed by atoms with Gasteiger partial charge in [-0.3, -0.25) is 19.7 Å². The van der Waals surface area contributed by atoms with Crippen molar-refractivity contribution in [2.24, 2.45) is 5.41 Å². The van der Waals surface area contributed by atoms with Crippen LogP contribution in [-0.4, -0.2) is 80.5 Å². The average Bonchev–Trinajstić information content (AvgIpc) is 2.85. The largest absolute Gasteiger partial charge is 0.465 e. The second-order valence-electron chi connectivity index (χ2n) is 8.95. The van der Waals surface area contributed by atoms with E-state index in [9.17, 15) is 24.7 Å². The molecule has 3 fully saturated rings. The highest BCUT2D eigenvalue weighted by molar-refractivity contribution is 5.87. The predicted molar refractivity (Wildman–Crippen MR) is 97.4 cm³/mol. The van der Waals surface area contributed by atoms with E-state index in [2.05, 4.69) is 5.48 Å². The van der Waals surface area contributed by atoms with Crippen LogP contribution >= 0.6 is 0 Å². The van der Waals surface area contributed by atoms with Crippen molar-refractivity contribution < 1.29 is 29.5 Å². The fraction of sp³-hybridized carbons (Fsp3) is 0.833. The number of carboxylic acid groups (broad SMARTS) is 1. The van der Waals surface area contributed by atoms with E-state index in [-0.39, 0.29) is 12.6 Å². The second-order valence-corrected chi connectivity index (χ2v) is 8.95. The van der Waals surface area contributed by atoms with Crippen molar-refractivity contribution in [1.82, 2.24) is 20.3 Å². The first-order chi connectivity index (χ1) is 13.1. The molecule has 0 aromatic rings. The lowest BCUT2D eigenvalue weighted by molar-refractivity contribution is -0.148. The monoisotopic (exact) mass is 398 g/mol. The number of urea groups is 1. The van der Waals surface area contributed by atoms with E-state index >= 15 is 0 Å². The zero-order valence-electron chi connectivity index (χ0n) is 16.7. The van der Waals surface area contributed by atoms with Gasteiger partial charge in [0.05, 0.1) is 18.2 Å². The van der Waals surface area contributed by atoms with Gasteiger partial charge < -0.3 is 10.0 Å². The number of hydrogen-bond donors (Lipinski definition) is 3. The van der Waals surface area contributed by atoms with Crippen LogP contribution in [0.5, 0.6) is 0 Å². The Kier molecular flexibility index (Phi) is 5.46. The summed E-state index contributed by atoms with van der Waals surface area (Å²) in [7, 11) is 0. The first kappa shape index (κ1) is 20.7. The van der Waals surface area contributed by atoms with E-state index in [1.54, 1.807) is 0 Å². The topological polar surface area (TPSA) is 123 Å². The van der Waals surface area contributed by atoms with Crippen LogP contribution in [0.2, 0.25) is 0 Å². The Morgan fingerprint density at radius 1 is 1.29 bits per heavy atom. The Morgan fingerprint density at radius 3 is 2.64 bits per heavy atom. The minimum absolute atomic E-state index is 0.0317. The molecule has 3 saturated heterocycles. The van der Waals surface area contributed by atoms with Crippen LogP contribution < -0.4 is 5.48 Å². The summed E-state index contributed by atoms with van der Waals surface area (Å²) >= 11 is 0. The maximum absolute atomic E-state index is 12.6. The number of hydrogen-bond acceptors (Lipinski definition) is 5. The van der Waals surface area contributed by atoms with Gasteiger partial charge in [0.2, 0.25) is 0 Å². The number of rotatable bonds is 4. The molecule has 3 aliphatic rings. The molecule has 3 atom stereocenters. The van der Waals surface area contributed by atoms with Gasteiger partial charge in [0.25, 0.3) is 5.91 Å². The van der Waals surface area contributed by atoms with Gasteiger partial charge in [-0.2, -0.15) is 0 Å². The van der Waals surface area contributed by atoms with Crippen LogP contribution in [0.15, 0.2) is 0 Å². The van der Waals surface area contributed by atoms with Crippen LogP contribution in [0.4, 0.5) is 9.59 Å². The summed E-state index contributed by atoms with van der Waals surface area (Å²) in [6, 6.07) is -1.54. The minimum atomic E-state index is -0.992. The molecule has 158 valence electrons. The molecule has 3 rings (SSSR count). The van der Waals surface area contributed by atoms with Gasteiger partial charge in [-0.1, -0.05) is 20.8 Å². The molecule has 2 bridgehead atoms. The highest BCUT2D eigenvalue weighted by Gasteiger charge is 2.51. The Labute approximate surface area is 164 Å². The fourth-order valence-corrected chi connectivity index (χ4v) is 4.68. The third kappa shape index (κ3) is 3.39. The zero-order valence-corrected chi connectivity index (χ0v) is 16.7. The Balaban J connectivity index is 1.65. The van der Waals surface area contributed by atoms with Gasteiger partial charge in [0.15, 0.2) is 0 Å². The number of carbonyl (C=O) groups excluding carboxylic acids is 2. The van der Waals surface area contributed by atoms with Gasteiger partial charge in [-0.05, 0) is 37.5 Å². The fourth-order valence-electron chi connectivity index (χ4n) is 4.68. The normalized spacial score (nSPS) is 30.6. The summed E-state index contributed by atoms with van der Waals surface area (Å²) in [4.78, 5) is 44.8. The van der Waals surface area contributed by atoms with Crippen LogP contribution in [0.3, 0.4) is 0 Å². The minimum Gasteiger partial charge on any atom is -0.465 e. The molecule has 4 amide bonds. The lowest BCUT2D eigenvalue weighted by Crippen LogP contribution is -2.64. The number of fused-ring (bicyclic) bond motifs is 2. The molecule has 0 aromatic carbocycles. The molecular formula is C18H30N4O6. The molecule has 3 aliphatic heterocycles. The number of likely N-dealkylation sites (tertiary alicyclic amines) is 1.